The van der Waals surface area contributed by atoms with Crippen LogP contribution in [0, 0.1) is 5.82 Å². The molecule has 0 spiro atoms. The van der Waals surface area contributed by atoms with Crippen molar-refractivity contribution in [3.8, 4) is 5.75 Å². The summed E-state index contributed by atoms with van der Waals surface area (Å²) in [6.45, 7) is 8.08. The summed E-state index contributed by atoms with van der Waals surface area (Å²) in [5, 5.41) is 0. The van der Waals surface area contributed by atoms with Crippen molar-refractivity contribution < 1.29 is 18.4 Å². The smallest absolute Gasteiger partial charge is 0.494 e. The number of halogens is 1. The van der Waals surface area contributed by atoms with Gasteiger partial charge in [0.15, 0.2) is 11.6 Å². The molecule has 142 valence electrons. The van der Waals surface area contributed by atoms with E-state index >= 15 is 0 Å². The summed E-state index contributed by atoms with van der Waals surface area (Å²) in [6.07, 6.45) is 1.58. The highest BCUT2D eigenvalue weighted by Crippen LogP contribution is 2.36. The predicted octanol–water partition coefficient (Wildman–Crippen LogP) is 3.47. The van der Waals surface area contributed by atoms with Gasteiger partial charge in [-0.1, -0.05) is 12.1 Å². The molecule has 1 saturated heterocycles. The lowest BCUT2D eigenvalue weighted by atomic mass is 9.79. The Balaban J connectivity index is 1.76. The van der Waals surface area contributed by atoms with E-state index in [0.29, 0.717) is 11.3 Å². The van der Waals surface area contributed by atoms with E-state index in [2.05, 4.69) is 4.99 Å². The zero-order valence-electron chi connectivity index (χ0n) is 16.2. The number of nitrogens with zero attached hydrogens (tertiary/aromatic N) is 1. The van der Waals surface area contributed by atoms with Gasteiger partial charge in [-0.25, -0.2) is 4.39 Å². The maximum Gasteiger partial charge on any atom is 0.494 e. The van der Waals surface area contributed by atoms with Gasteiger partial charge >= 0.3 is 7.12 Å². The lowest BCUT2D eigenvalue weighted by Crippen LogP contribution is -2.41. The van der Waals surface area contributed by atoms with Crippen LogP contribution in [0.15, 0.2) is 41.4 Å². The molecule has 1 heterocycles. The Kier molecular flexibility index (Phi) is 5.01. The van der Waals surface area contributed by atoms with Crippen LogP contribution in [0.2, 0.25) is 0 Å². The molecule has 2 N–H and O–H groups in total. The standard InChI is InChI=1S/C20H24BFN2O3/c1-19(2)20(3,4)27-21(26-19)14-6-8-15(9-7-14)24-12-13-10-18(25-5)16(22)11-17(13)23/h6-12H,23H2,1-5H3. The monoisotopic (exact) mass is 370 g/mol. The van der Waals surface area contributed by atoms with Gasteiger partial charge in [-0.15, -0.1) is 0 Å². The van der Waals surface area contributed by atoms with E-state index < -0.39 is 12.9 Å². The van der Waals surface area contributed by atoms with Crippen molar-refractivity contribution in [2.45, 2.75) is 38.9 Å². The van der Waals surface area contributed by atoms with E-state index in [4.69, 9.17) is 19.8 Å². The first-order chi connectivity index (χ1) is 12.6. The largest absolute Gasteiger partial charge is 0.494 e. The Hall–Kier alpha value is -2.38. The first-order valence-corrected chi connectivity index (χ1v) is 8.75. The van der Waals surface area contributed by atoms with E-state index in [1.165, 1.54) is 19.2 Å². The summed E-state index contributed by atoms with van der Waals surface area (Å²) >= 11 is 0. The number of anilines is 1. The van der Waals surface area contributed by atoms with E-state index in [0.717, 1.165) is 11.2 Å². The van der Waals surface area contributed by atoms with Gasteiger partial charge in [-0.2, -0.15) is 0 Å². The average molecular weight is 370 g/mol. The third-order valence-corrected chi connectivity index (χ3v) is 5.13. The highest BCUT2D eigenvalue weighted by molar-refractivity contribution is 6.62. The summed E-state index contributed by atoms with van der Waals surface area (Å²) in [5.74, 6) is -0.374. The molecule has 1 aliphatic heterocycles. The van der Waals surface area contributed by atoms with Crippen LogP contribution in [0.1, 0.15) is 33.3 Å². The number of benzene rings is 2. The zero-order valence-corrected chi connectivity index (χ0v) is 16.2. The van der Waals surface area contributed by atoms with Gasteiger partial charge in [-0.3, -0.25) is 4.99 Å². The van der Waals surface area contributed by atoms with Crippen molar-refractivity contribution >= 4 is 30.2 Å². The van der Waals surface area contributed by atoms with Crippen molar-refractivity contribution in [3.63, 3.8) is 0 Å². The summed E-state index contributed by atoms with van der Waals surface area (Å²) in [5.41, 5.74) is 7.63. The van der Waals surface area contributed by atoms with E-state index in [9.17, 15) is 4.39 Å². The first kappa shape index (κ1) is 19.4. The average Bonchev–Trinajstić information content (AvgIpc) is 2.82. The predicted molar refractivity (Wildman–Crippen MR) is 107 cm³/mol. The molecule has 7 heteroatoms. The molecule has 0 aliphatic carbocycles. The molecule has 2 aromatic carbocycles. The highest BCUT2D eigenvalue weighted by atomic mass is 19.1. The topological polar surface area (TPSA) is 66.1 Å². The van der Waals surface area contributed by atoms with Crippen molar-refractivity contribution in [1.82, 2.24) is 0 Å². The molecule has 0 atom stereocenters. The van der Waals surface area contributed by atoms with Crippen LogP contribution in [0.25, 0.3) is 0 Å². The number of hydrogen-bond acceptors (Lipinski definition) is 5. The van der Waals surface area contributed by atoms with Crippen LogP contribution in [0.5, 0.6) is 5.75 Å². The van der Waals surface area contributed by atoms with Crippen LogP contribution < -0.4 is 15.9 Å². The van der Waals surface area contributed by atoms with E-state index in [1.807, 2.05) is 52.0 Å². The molecule has 0 saturated carbocycles. The normalized spacial score (nSPS) is 18.2. The number of hydrogen-bond donors (Lipinski definition) is 1. The molecule has 0 radical (unpaired) electrons. The SMILES string of the molecule is COc1cc(C=Nc2ccc(B3OC(C)(C)C(C)(C)O3)cc2)c(N)cc1F. The van der Waals surface area contributed by atoms with Gasteiger partial charge in [0.25, 0.3) is 0 Å². The van der Waals surface area contributed by atoms with Crippen LogP contribution in [0.4, 0.5) is 15.8 Å². The molecule has 0 aromatic heterocycles. The Morgan fingerprint density at radius 2 is 1.67 bits per heavy atom. The first-order valence-electron chi connectivity index (χ1n) is 8.75. The second-order valence-electron chi connectivity index (χ2n) is 7.55. The summed E-state index contributed by atoms with van der Waals surface area (Å²) in [6, 6.07) is 10.3. The van der Waals surface area contributed by atoms with Crippen LogP contribution in [0.3, 0.4) is 0 Å². The molecule has 1 fully saturated rings. The summed E-state index contributed by atoms with van der Waals surface area (Å²) in [7, 11) is 0.995. The van der Waals surface area contributed by atoms with Crippen molar-refractivity contribution in [2.75, 3.05) is 12.8 Å². The number of aliphatic imine (C=N–C) groups is 1. The minimum Gasteiger partial charge on any atom is -0.494 e. The molecular weight excluding hydrogens is 346 g/mol. The number of methoxy groups -OCH3 is 1. The van der Waals surface area contributed by atoms with Crippen LogP contribution >= 0.6 is 0 Å². The molecule has 5 nitrogen and oxygen atoms in total. The second-order valence-corrected chi connectivity index (χ2v) is 7.55. The number of nitrogens with two attached hydrogens (primary N) is 1. The lowest BCUT2D eigenvalue weighted by molar-refractivity contribution is 0.00578. The molecule has 0 bridgehead atoms. The molecule has 0 unspecified atom stereocenters. The van der Waals surface area contributed by atoms with E-state index in [-0.39, 0.29) is 17.0 Å². The molecule has 1 aliphatic rings. The van der Waals surface area contributed by atoms with Gasteiger partial charge in [0.05, 0.1) is 24.0 Å². The minimum absolute atomic E-state index is 0.127. The quantitative estimate of drug-likeness (QED) is 0.509. The highest BCUT2D eigenvalue weighted by Gasteiger charge is 2.51. The molecule has 27 heavy (non-hydrogen) atoms. The number of nitrogen functional groups attached to an aromatic ring is 1. The van der Waals surface area contributed by atoms with Crippen molar-refractivity contribution in [2.24, 2.45) is 4.99 Å². The van der Waals surface area contributed by atoms with Gasteiger partial charge in [-0.05, 0) is 51.4 Å². The van der Waals surface area contributed by atoms with Gasteiger partial charge < -0.3 is 19.8 Å². The molecule has 3 rings (SSSR count). The third-order valence-electron chi connectivity index (χ3n) is 5.13. The zero-order chi connectivity index (χ0) is 19.8. The Morgan fingerprint density at radius 3 is 2.22 bits per heavy atom. The maximum absolute atomic E-state index is 13.6. The Labute approximate surface area is 159 Å². The molecular formula is C20H24BFN2O3. The van der Waals surface area contributed by atoms with Gasteiger partial charge in [0.1, 0.15) is 0 Å². The number of rotatable bonds is 4. The number of ether oxygens (including phenoxy) is 1. The fraction of sp³-hybridized carbons (Fsp3) is 0.350. The van der Waals surface area contributed by atoms with Crippen LogP contribution in [-0.2, 0) is 9.31 Å². The third kappa shape index (κ3) is 3.84. The Bertz CT molecular complexity index is 850. The van der Waals surface area contributed by atoms with Gasteiger partial charge in [0, 0.05) is 23.5 Å². The van der Waals surface area contributed by atoms with Crippen molar-refractivity contribution in [1.29, 1.82) is 0 Å². The van der Waals surface area contributed by atoms with Gasteiger partial charge in [0.2, 0.25) is 0 Å². The minimum atomic E-state index is -0.501. The summed E-state index contributed by atoms with van der Waals surface area (Å²) < 4.78 is 30.7. The fourth-order valence-electron chi connectivity index (χ4n) is 2.69. The van der Waals surface area contributed by atoms with Crippen molar-refractivity contribution in [3.05, 3.63) is 47.8 Å². The fourth-order valence-corrected chi connectivity index (χ4v) is 2.69. The molecule has 2 aromatic rings. The lowest BCUT2D eigenvalue weighted by Gasteiger charge is -2.32. The maximum atomic E-state index is 13.6. The van der Waals surface area contributed by atoms with E-state index in [1.54, 1.807) is 6.21 Å². The Morgan fingerprint density at radius 1 is 1.07 bits per heavy atom. The van der Waals surface area contributed by atoms with Crippen LogP contribution in [-0.4, -0.2) is 31.6 Å². The second kappa shape index (κ2) is 6.98. The molecule has 0 amide bonds. The summed E-state index contributed by atoms with van der Waals surface area (Å²) in [4.78, 5) is 4.40.